The van der Waals surface area contributed by atoms with Crippen LogP contribution in [0.15, 0.2) is 70.5 Å². The number of nitrogens with one attached hydrogen (secondary N) is 4. The number of allylic oxidation sites excluding steroid dienone is 1. The summed E-state index contributed by atoms with van der Waals surface area (Å²) in [6.07, 6.45) is 10.0. The molecule has 1 aliphatic heterocycles. The van der Waals surface area contributed by atoms with Gasteiger partial charge in [0.25, 0.3) is 0 Å². The zero-order valence-electron chi connectivity index (χ0n) is 39.6. The van der Waals surface area contributed by atoms with Crippen molar-refractivity contribution in [3.8, 4) is 5.75 Å². The van der Waals surface area contributed by atoms with Gasteiger partial charge in [0.15, 0.2) is 5.75 Å². The van der Waals surface area contributed by atoms with Gasteiger partial charge < -0.3 is 42.5 Å². The maximum atomic E-state index is 15.6. The van der Waals surface area contributed by atoms with E-state index in [4.69, 9.17) is 21.6 Å². The third-order valence-corrected chi connectivity index (χ3v) is 11.6. The molecule has 1 aliphatic carbocycles. The van der Waals surface area contributed by atoms with Gasteiger partial charge in [0.2, 0.25) is 23.9 Å². The van der Waals surface area contributed by atoms with Gasteiger partial charge in [-0.05, 0) is 69.5 Å². The molecule has 0 spiro atoms. The van der Waals surface area contributed by atoms with Crippen molar-refractivity contribution in [2.24, 2.45) is 16.5 Å². The van der Waals surface area contributed by atoms with Crippen molar-refractivity contribution in [1.82, 2.24) is 29.8 Å². The van der Waals surface area contributed by atoms with Gasteiger partial charge in [-0.2, -0.15) is 14.5 Å². The predicted molar refractivity (Wildman–Crippen MR) is 267 cm³/mol. The summed E-state index contributed by atoms with van der Waals surface area (Å²) in [6, 6.07) is 10.3. The van der Waals surface area contributed by atoms with Crippen molar-refractivity contribution in [3.63, 3.8) is 0 Å². The zero-order valence-corrected chi connectivity index (χ0v) is 40.4. The Kier molecular flexibility index (Phi) is 23.0. The van der Waals surface area contributed by atoms with Crippen molar-refractivity contribution in [2.45, 2.75) is 96.7 Å². The molecule has 2 aromatic heterocycles. The van der Waals surface area contributed by atoms with Gasteiger partial charge in [0, 0.05) is 92.6 Å². The van der Waals surface area contributed by atoms with Crippen LogP contribution in [0, 0.1) is 11.2 Å². The van der Waals surface area contributed by atoms with E-state index in [1.54, 1.807) is 13.1 Å². The number of fused-ring (bicyclic) bond motifs is 1. The van der Waals surface area contributed by atoms with Crippen LogP contribution in [0.4, 0.5) is 27.4 Å². The maximum Gasteiger partial charge on any atom is 0.249 e. The molecule has 8 N–H and O–H groups in total. The molecule has 2 atom stereocenters. The molecule has 2 aromatic carbocycles. The number of rotatable bonds is 17. The van der Waals surface area contributed by atoms with Crippen LogP contribution in [0.25, 0.3) is 11.2 Å². The molecule has 356 valence electrons. The van der Waals surface area contributed by atoms with Gasteiger partial charge in [-0.25, -0.2) is 9.37 Å². The number of amidine groups is 1. The Bertz CT molecular complexity index is 2330. The summed E-state index contributed by atoms with van der Waals surface area (Å²) in [5.41, 5.74) is 16.6. The number of benzene rings is 2. The number of nitrogens with two attached hydrogens (primary N) is 2. The monoisotopic (exact) mass is 928 g/mol. The summed E-state index contributed by atoms with van der Waals surface area (Å²) in [6.45, 7) is 17.7. The van der Waals surface area contributed by atoms with Crippen LogP contribution < -0.4 is 37.1 Å². The Labute approximate surface area is 392 Å². The Morgan fingerprint density at radius 3 is 2.45 bits per heavy atom. The van der Waals surface area contributed by atoms with Crippen molar-refractivity contribution < 1.29 is 22.9 Å². The van der Waals surface area contributed by atoms with Crippen molar-refractivity contribution >= 4 is 77.2 Å². The second-order valence-corrected chi connectivity index (χ2v) is 16.7. The Balaban J connectivity index is 0.00000156. The molecular weight excluding hydrogens is 860 g/mol. The maximum absolute atomic E-state index is 15.6. The lowest BCUT2D eigenvalue weighted by molar-refractivity contribution is -0.117. The number of piperazine rings is 1. The van der Waals surface area contributed by atoms with Gasteiger partial charge in [-0.1, -0.05) is 52.6 Å². The molecule has 0 saturated carbocycles. The summed E-state index contributed by atoms with van der Waals surface area (Å²) >= 11 is 0. The first-order valence-corrected chi connectivity index (χ1v) is 23.6. The minimum atomic E-state index is -1.46. The van der Waals surface area contributed by atoms with Crippen LogP contribution in [0.1, 0.15) is 84.9 Å². The third kappa shape index (κ3) is 14.9. The molecule has 6 rings (SSSR count). The Hall–Kier alpha value is -6.15. The van der Waals surface area contributed by atoms with Crippen molar-refractivity contribution in [1.29, 1.82) is 5.41 Å². The van der Waals surface area contributed by atoms with E-state index in [1.165, 1.54) is 48.0 Å². The second-order valence-electron chi connectivity index (χ2n) is 15.0. The largest absolute Gasteiger partial charge is 0.485 e. The van der Waals surface area contributed by atoms with E-state index >= 15 is 4.39 Å². The smallest absolute Gasteiger partial charge is 0.249 e. The minimum absolute atomic E-state index is 0.0595. The molecule has 2 unspecified atom stereocenters. The molecule has 0 bridgehead atoms. The molecule has 2 aliphatic rings. The molecular formula is C46H67BFN13O4S. The number of hydrogen-bond acceptors (Lipinski definition) is 13. The van der Waals surface area contributed by atoms with Crippen LogP contribution in [0.2, 0.25) is 6.82 Å². The van der Waals surface area contributed by atoms with Gasteiger partial charge in [0.05, 0.1) is 35.7 Å². The number of nitrogens with zero attached hydrogens (tertiary/aromatic N) is 7. The summed E-state index contributed by atoms with van der Waals surface area (Å²) in [7, 11) is 4.83. The highest BCUT2D eigenvalue weighted by Crippen LogP contribution is 2.32. The van der Waals surface area contributed by atoms with E-state index in [1.807, 2.05) is 45.9 Å². The Morgan fingerprint density at radius 2 is 1.83 bits per heavy atom. The lowest BCUT2D eigenvalue weighted by Crippen LogP contribution is -2.47. The van der Waals surface area contributed by atoms with Crippen molar-refractivity contribution in [2.75, 3.05) is 61.8 Å². The van der Waals surface area contributed by atoms with Crippen LogP contribution >= 0.6 is 0 Å². The molecule has 4 aromatic rings. The quantitative estimate of drug-likeness (QED) is 0.0173. The molecule has 1 saturated heterocycles. The lowest BCUT2D eigenvalue weighted by atomic mass is 9.98. The fraction of sp³-hybridized carbons (Fsp3) is 0.457. The van der Waals surface area contributed by atoms with Crippen LogP contribution in [-0.2, 0) is 20.4 Å². The summed E-state index contributed by atoms with van der Waals surface area (Å²) in [5, 5.41) is 20.4. The number of aliphatic imine (C=N–C) groups is 1. The molecule has 3 heterocycles. The molecule has 20 heteroatoms. The highest BCUT2D eigenvalue weighted by molar-refractivity contribution is 7.85. The number of anilines is 4. The molecule has 2 radical (unpaired) electrons. The highest BCUT2D eigenvalue weighted by atomic mass is 32.2. The van der Waals surface area contributed by atoms with Crippen molar-refractivity contribution in [3.05, 3.63) is 77.6 Å². The van der Waals surface area contributed by atoms with E-state index in [2.05, 4.69) is 73.6 Å². The Morgan fingerprint density at radius 1 is 1.12 bits per heavy atom. The van der Waals surface area contributed by atoms with Gasteiger partial charge in [-0.15, -0.1) is 5.10 Å². The highest BCUT2D eigenvalue weighted by Gasteiger charge is 2.25. The van der Waals surface area contributed by atoms with Crippen LogP contribution in [-0.4, -0.2) is 119 Å². The molecule has 1 fully saturated rings. The molecule has 2 amide bonds. The number of amides is 2. The van der Waals surface area contributed by atoms with Gasteiger partial charge >= 0.3 is 0 Å². The average Bonchev–Trinajstić information content (AvgIpc) is 3.75. The van der Waals surface area contributed by atoms with Crippen LogP contribution in [0.5, 0.6) is 5.75 Å². The predicted octanol–water partition coefficient (Wildman–Crippen LogP) is 6.21. The van der Waals surface area contributed by atoms with Crippen LogP contribution in [0.3, 0.4) is 0 Å². The molecule has 17 nitrogen and oxygen atoms in total. The minimum Gasteiger partial charge on any atom is -0.485 e. The van der Waals surface area contributed by atoms with E-state index in [-0.39, 0.29) is 47.5 Å². The SMILES string of the molecule is CC.CCC.CNc1cc(N2CCN(CC3=CC(S(=O)c4ccc(Nc5nc6c(OC(C)C)c(/C(C=N)=C/N)ncn6n5)c(F)c4)CCC3)CC2)ccc1C(N)=NC(=O)CCNC=O.[B]C. The fourth-order valence-corrected chi connectivity index (χ4v) is 8.48. The second kappa shape index (κ2) is 28.0. The summed E-state index contributed by atoms with van der Waals surface area (Å²) in [4.78, 5) is 40.6. The number of carbonyl (C=O) groups excluding carboxylic acids is 2. The molecule has 66 heavy (non-hydrogen) atoms. The summed E-state index contributed by atoms with van der Waals surface area (Å²) in [5.74, 6) is -0.510. The first-order chi connectivity index (χ1) is 31.9. The topological polar surface area (TPSA) is 234 Å². The van der Waals surface area contributed by atoms with Gasteiger partial charge in [0.1, 0.15) is 23.7 Å². The number of hydrogen-bond donors (Lipinski definition) is 6. The van der Waals surface area contributed by atoms with E-state index in [0.717, 1.165) is 69.6 Å². The summed E-state index contributed by atoms with van der Waals surface area (Å²) < 4.78 is 36.7. The number of halogens is 1. The number of aromatic nitrogens is 4. The lowest BCUT2D eigenvalue weighted by Gasteiger charge is -2.37. The fourth-order valence-electron chi connectivity index (χ4n) is 7.01. The number of carbonyl (C=O) groups is 2. The average molecular weight is 928 g/mol. The number of ether oxygens (including phenoxy) is 1. The van der Waals surface area contributed by atoms with E-state index in [0.29, 0.717) is 33.8 Å². The normalized spacial score (nSPS) is 15.7. The van der Waals surface area contributed by atoms with E-state index in [9.17, 15) is 13.8 Å². The van der Waals surface area contributed by atoms with E-state index < -0.39 is 22.5 Å². The zero-order chi connectivity index (χ0) is 48.8. The first kappa shape index (κ1) is 54.2. The van der Waals surface area contributed by atoms with Gasteiger partial charge in [-0.3, -0.25) is 18.7 Å². The first-order valence-electron chi connectivity index (χ1n) is 22.4. The third-order valence-electron chi connectivity index (χ3n) is 9.93. The standard InChI is InChI=1S/C40H50FN13O4S.C3H8.C2H6.CH3B/c1-25(2)58-37-36(27(20-42)21-43)47-23-54-39(37)50-40(51-54)48-33-10-8-30(19-32(33)41)59(57)29-6-4-5-26(17-29)22-52-13-15-53(16-14-52)28-7-9-31(34(18-28)45-3)38(44)49-35(56)11-12-46-24-55;1-3-2;2*1-2/h7-10,17-21,23-25,29,42,45H,4-6,11-16,22,43H2,1-3H3,(H,46,55)(H,48,51)(H2,44,49,56);3H2,1-2H3;1-2H3;1H3/b27-21+,42-20?;;;.